The van der Waals surface area contributed by atoms with Crippen molar-refractivity contribution in [2.24, 2.45) is 17.3 Å². The lowest BCUT2D eigenvalue weighted by Crippen LogP contribution is -2.43. The molecule has 4 heteroatoms. The molecule has 0 spiro atoms. The van der Waals surface area contributed by atoms with Crippen LogP contribution < -0.4 is 0 Å². The van der Waals surface area contributed by atoms with Gasteiger partial charge in [-0.05, 0) is 30.1 Å². The maximum atomic E-state index is 11.6. The zero-order valence-electron chi connectivity index (χ0n) is 10.6. The van der Waals surface area contributed by atoms with Crippen molar-refractivity contribution in [3.63, 3.8) is 0 Å². The molecule has 0 radical (unpaired) electrons. The molecular formula is C12H22O3S. The number of ether oxygens (including phenoxy) is 1. The van der Waals surface area contributed by atoms with Crippen molar-refractivity contribution in [3.8, 4) is 0 Å². The zero-order valence-corrected chi connectivity index (χ0v) is 11.4. The Balaban J connectivity index is 2.22. The van der Waals surface area contributed by atoms with Gasteiger partial charge in [0, 0.05) is 7.11 Å². The molecule has 3 atom stereocenters. The van der Waals surface area contributed by atoms with Gasteiger partial charge in [0.05, 0.1) is 17.1 Å². The van der Waals surface area contributed by atoms with Gasteiger partial charge in [-0.15, -0.1) is 0 Å². The molecule has 1 aliphatic carbocycles. The Morgan fingerprint density at radius 2 is 1.56 bits per heavy atom. The van der Waals surface area contributed by atoms with Gasteiger partial charge in [0.2, 0.25) is 0 Å². The first-order valence-electron chi connectivity index (χ1n) is 5.95. The maximum absolute atomic E-state index is 11.6. The molecule has 0 bridgehead atoms. The predicted molar refractivity (Wildman–Crippen MR) is 64.1 cm³/mol. The van der Waals surface area contributed by atoms with Crippen LogP contribution in [0.1, 0.15) is 33.6 Å². The van der Waals surface area contributed by atoms with Crippen LogP contribution in [0.15, 0.2) is 0 Å². The number of methoxy groups -OCH3 is 1. The minimum Gasteiger partial charge on any atom is -0.378 e. The fraction of sp³-hybridized carbons (Fsp3) is 1.00. The molecule has 0 amide bonds. The Kier molecular flexibility index (Phi) is 2.67. The molecule has 1 unspecified atom stereocenters. The largest absolute Gasteiger partial charge is 0.378 e. The first-order chi connectivity index (χ1) is 7.19. The van der Waals surface area contributed by atoms with Crippen LogP contribution in [0, 0.1) is 17.3 Å². The summed E-state index contributed by atoms with van der Waals surface area (Å²) < 4.78 is 28.9. The lowest BCUT2D eigenvalue weighted by Gasteiger charge is -2.41. The van der Waals surface area contributed by atoms with Crippen LogP contribution in [-0.4, -0.2) is 32.6 Å². The quantitative estimate of drug-likeness (QED) is 0.709. The summed E-state index contributed by atoms with van der Waals surface area (Å²) in [5, 5.41) is 0. The van der Waals surface area contributed by atoms with Crippen LogP contribution in [0.3, 0.4) is 0 Å². The van der Waals surface area contributed by atoms with Gasteiger partial charge in [-0.2, -0.15) is 0 Å². The van der Waals surface area contributed by atoms with Crippen LogP contribution in [0.25, 0.3) is 0 Å². The molecule has 2 aliphatic rings. The highest BCUT2D eigenvalue weighted by atomic mass is 32.2. The molecule has 1 saturated heterocycles. The summed E-state index contributed by atoms with van der Waals surface area (Å²) in [6.45, 7) is 6.56. The fourth-order valence-corrected chi connectivity index (χ4v) is 5.68. The molecule has 94 valence electrons. The topological polar surface area (TPSA) is 43.4 Å². The molecule has 1 heterocycles. The van der Waals surface area contributed by atoms with Gasteiger partial charge in [-0.3, -0.25) is 0 Å². The number of hydrogen-bond acceptors (Lipinski definition) is 3. The van der Waals surface area contributed by atoms with E-state index in [9.17, 15) is 8.42 Å². The van der Waals surface area contributed by atoms with Crippen molar-refractivity contribution in [2.45, 2.75) is 39.2 Å². The number of sulfone groups is 1. The van der Waals surface area contributed by atoms with Crippen molar-refractivity contribution in [2.75, 3.05) is 18.6 Å². The standard InChI is InChI=1S/C12H22O3S/c1-11(2,3)12(15-4)5-9-7-16(13,14)8-10(9)6-12/h9-10H,5-8H2,1-4H3/t9-,10+,12?. The average Bonchev–Trinajstić information content (AvgIpc) is 2.53. The lowest BCUT2D eigenvalue weighted by atomic mass is 9.74. The Bertz CT molecular complexity index is 358. The van der Waals surface area contributed by atoms with Gasteiger partial charge < -0.3 is 4.74 Å². The van der Waals surface area contributed by atoms with E-state index in [4.69, 9.17) is 4.74 Å². The summed E-state index contributed by atoms with van der Waals surface area (Å²) in [7, 11) is -1.00. The monoisotopic (exact) mass is 246 g/mol. The third kappa shape index (κ3) is 1.80. The van der Waals surface area contributed by atoms with E-state index in [1.807, 2.05) is 0 Å². The van der Waals surface area contributed by atoms with Crippen LogP contribution in [0.4, 0.5) is 0 Å². The van der Waals surface area contributed by atoms with Crippen LogP contribution in [0.5, 0.6) is 0 Å². The highest BCUT2D eigenvalue weighted by Gasteiger charge is 2.56. The first-order valence-corrected chi connectivity index (χ1v) is 7.77. The normalized spacial score (nSPS) is 42.2. The number of rotatable bonds is 1. The third-order valence-electron chi connectivity index (χ3n) is 4.54. The second kappa shape index (κ2) is 3.45. The van der Waals surface area contributed by atoms with E-state index in [2.05, 4.69) is 20.8 Å². The van der Waals surface area contributed by atoms with Crippen molar-refractivity contribution in [3.05, 3.63) is 0 Å². The molecular weight excluding hydrogens is 224 g/mol. The molecule has 0 aromatic rings. The van der Waals surface area contributed by atoms with E-state index in [0.717, 1.165) is 12.8 Å². The van der Waals surface area contributed by atoms with E-state index < -0.39 is 9.84 Å². The fourth-order valence-electron chi connectivity index (χ4n) is 3.46. The van der Waals surface area contributed by atoms with E-state index in [0.29, 0.717) is 23.3 Å². The van der Waals surface area contributed by atoms with E-state index in [-0.39, 0.29) is 11.0 Å². The molecule has 3 nitrogen and oxygen atoms in total. The van der Waals surface area contributed by atoms with E-state index >= 15 is 0 Å². The SMILES string of the molecule is COC1(C(C)(C)C)C[C@@H]2CS(=O)(=O)C[C@@H]2C1. The van der Waals surface area contributed by atoms with Gasteiger partial charge in [-0.25, -0.2) is 8.42 Å². The number of hydrogen-bond donors (Lipinski definition) is 0. The minimum absolute atomic E-state index is 0.0792. The smallest absolute Gasteiger partial charge is 0.150 e. The van der Waals surface area contributed by atoms with Gasteiger partial charge >= 0.3 is 0 Å². The predicted octanol–water partition coefficient (Wildman–Crippen LogP) is 1.87. The molecule has 0 aromatic carbocycles. The first kappa shape index (κ1) is 12.4. The molecule has 1 aliphatic heterocycles. The van der Waals surface area contributed by atoms with Crippen LogP contribution in [-0.2, 0) is 14.6 Å². The summed E-state index contributed by atoms with van der Waals surface area (Å²) in [5.74, 6) is 1.39. The highest BCUT2D eigenvalue weighted by molar-refractivity contribution is 7.91. The Hall–Kier alpha value is -0.0900. The van der Waals surface area contributed by atoms with Crippen molar-refractivity contribution >= 4 is 9.84 Å². The maximum Gasteiger partial charge on any atom is 0.150 e. The van der Waals surface area contributed by atoms with Crippen LogP contribution >= 0.6 is 0 Å². The van der Waals surface area contributed by atoms with Gasteiger partial charge in [0.15, 0.2) is 9.84 Å². The molecule has 1 saturated carbocycles. The van der Waals surface area contributed by atoms with E-state index in [1.165, 1.54) is 0 Å². The zero-order chi connectivity index (χ0) is 12.2. The van der Waals surface area contributed by atoms with E-state index in [1.54, 1.807) is 7.11 Å². The second-order valence-corrected chi connectivity index (χ2v) is 8.61. The third-order valence-corrected chi connectivity index (χ3v) is 6.42. The van der Waals surface area contributed by atoms with Crippen molar-refractivity contribution < 1.29 is 13.2 Å². The van der Waals surface area contributed by atoms with Crippen LogP contribution in [0.2, 0.25) is 0 Å². The van der Waals surface area contributed by atoms with Gasteiger partial charge in [0.1, 0.15) is 0 Å². The van der Waals surface area contributed by atoms with Gasteiger partial charge in [0.25, 0.3) is 0 Å². The Morgan fingerprint density at radius 1 is 1.12 bits per heavy atom. The Labute approximate surface area is 98.5 Å². The summed E-state index contributed by atoms with van der Waals surface area (Å²) >= 11 is 0. The molecule has 2 rings (SSSR count). The molecule has 2 fully saturated rings. The highest BCUT2D eigenvalue weighted by Crippen LogP contribution is 2.53. The molecule has 0 N–H and O–H groups in total. The second-order valence-electron chi connectivity index (χ2n) is 6.45. The Morgan fingerprint density at radius 3 is 1.88 bits per heavy atom. The average molecular weight is 246 g/mol. The summed E-state index contributed by atoms with van der Waals surface area (Å²) in [6.07, 6.45) is 1.80. The lowest BCUT2D eigenvalue weighted by molar-refractivity contribution is -0.0903. The summed E-state index contributed by atoms with van der Waals surface area (Å²) in [6, 6.07) is 0. The minimum atomic E-state index is -2.76. The summed E-state index contributed by atoms with van der Waals surface area (Å²) in [4.78, 5) is 0. The molecule has 0 aromatic heterocycles. The molecule has 16 heavy (non-hydrogen) atoms. The van der Waals surface area contributed by atoms with Crippen molar-refractivity contribution in [1.82, 2.24) is 0 Å². The number of fused-ring (bicyclic) bond motifs is 1. The van der Waals surface area contributed by atoms with Gasteiger partial charge in [-0.1, -0.05) is 20.8 Å². The van der Waals surface area contributed by atoms with Crippen molar-refractivity contribution in [1.29, 1.82) is 0 Å². The summed E-state index contributed by atoms with van der Waals surface area (Å²) in [5.41, 5.74) is -0.0475.